The fourth-order valence-electron chi connectivity index (χ4n) is 4.38. The molecule has 2 heterocycles. The van der Waals surface area contributed by atoms with E-state index in [1.165, 1.54) is 5.56 Å². The number of piperidine rings is 1. The molecule has 0 saturated carbocycles. The summed E-state index contributed by atoms with van der Waals surface area (Å²) in [5.41, 5.74) is 1.46. The quantitative estimate of drug-likeness (QED) is 0.861. The Morgan fingerprint density at radius 2 is 2.00 bits per heavy atom. The fourth-order valence-corrected chi connectivity index (χ4v) is 4.38. The van der Waals surface area contributed by atoms with Gasteiger partial charge in [0, 0.05) is 13.1 Å². The Labute approximate surface area is 151 Å². The molecule has 0 amide bonds. The van der Waals surface area contributed by atoms with Gasteiger partial charge in [0.05, 0.1) is 0 Å². The molecule has 2 aliphatic heterocycles. The molecule has 1 unspecified atom stereocenters. The van der Waals surface area contributed by atoms with Crippen LogP contribution in [0.1, 0.15) is 38.2 Å². The number of rotatable bonds is 6. The molecule has 0 bridgehead atoms. The van der Waals surface area contributed by atoms with Gasteiger partial charge in [-0.3, -0.25) is 14.6 Å². The van der Waals surface area contributed by atoms with E-state index in [4.69, 9.17) is 0 Å². The van der Waals surface area contributed by atoms with Crippen molar-refractivity contribution in [2.75, 3.05) is 32.7 Å². The number of aliphatic carboxylic acids is 1. The summed E-state index contributed by atoms with van der Waals surface area (Å²) in [6.07, 6.45) is 8.52. The topological polar surface area (TPSA) is 43.8 Å². The van der Waals surface area contributed by atoms with Crippen LogP contribution in [0, 0.1) is 5.41 Å². The number of hydrogen-bond donors (Lipinski definition) is 1. The van der Waals surface area contributed by atoms with Crippen molar-refractivity contribution in [1.82, 2.24) is 9.80 Å². The van der Waals surface area contributed by atoms with Crippen molar-refractivity contribution in [2.24, 2.45) is 5.41 Å². The Kier molecular flexibility index (Phi) is 5.92. The molecule has 4 heteroatoms. The standard InChI is InChI=1S/C21H30N2O2/c1-2-12-23-17-21(16-19(23)20(24)25)10-14-22(15-11-21)13-6-9-18-7-4-3-5-8-18/h3-9,19H,2,10-17H2,1H3,(H,24,25)/b9-6+. The number of carbonyl (C=O) groups is 1. The Morgan fingerprint density at radius 3 is 2.64 bits per heavy atom. The average Bonchev–Trinajstić information content (AvgIpc) is 2.97. The van der Waals surface area contributed by atoms with Crippen LogP contribution in [0.5, 0.6) is 0 Å². The van der Waals surface area contributed by atoms with Crippen LogP contribution in [0.15, 0.2) is 36.4 Å². The highest BCUT2D eigenvalue weighted by atomic mass is 16.4. The SMILES string of the molecule is CCCN1CC2(CCN(C/C=C/c3ccccc3)CC2)CC1C(=O)O. The lowest BCUT2D eigenvalue weighted by Gasteiger charge is -2.39. The van der Waals surface area contributed by atoms with Crippen LogP contribution in [-0.4, -0.2) is 59.6 Å². The lowest BCUT2D eigenvalue weighted by molar-refractivity contribution is -0.142. The first-order chi connectivity index (χ1) is 12.1. The molecule has 0 radical (unpaired) electrons. The Morgan fingerprint density at radius 1 is 1.28 bits per heavy atom. The molecule has 2 aliphatic rings. The molecule has 1 aromatic carbocycles. The summed E-state index contributed by atoms with van der Waals surface area (Å²) < 4.78 is 0. The van der Waals surface area contributed by atoms with E-state index >= 15 is 0 Å². The second kappa shape index (κ2) is 8.15. The van der Waals surface area contributed by atoms with Crippen LogP contribution >= 0.6 is 0 Å². The van der Waals surface area contributed by atoms with Crippen molar-refractivity contribution in [3.05, 3.63) is 42.0 Å². The highest BCUT2D eigenvalue weighted by Gasteiger charge is 2.47. The third-order valence-electron chi connectivity index (χ3n) is 5.79. The minimum absolute atomic E-state index is 0.220. The highest BCUT2D eigenvalue weighted by molar-refractivity contribution is 5.74. The largest absolute Gasteiger partial charge is 0.480 e. The summed E-state index contributed by atoms with van der Waals surface area (Å²) in [5, 5.41) is 9.54. The second-order valence-corrected chi connectivity index (χ2v) is 7.64. The normalized spacial score (nSPS) is 24.3. The molecule has 0 aromatic heterocycles. The Bertz CT molecular complexity index is 591. The van der Waals surface area contributed by atoms with E-state index < -0.39 is 5.97 Å². The molecule has 1 atom stereocenters. The van der Waals surface area contributed by atoms with E-state index in [1.54, 1.807) is 0 Å². The Balaban J connectivity index is 1.51. The third-order valence-corrected chi connectivity index (χ3v) is 5.79. The smallest absolute Gasteiger partial charge is 0.320 e. The van der Waals surface area contributed by atoms with Crippen LogP contribution < -0.4 is 0 Å². The van der Waals surface area contributed by atoms with E-state index in [0.717, 1.165) is 58.4 Å². The second-order valence-electron chi connectivity index (χ2n) is 7.64. The summed E-state index contributed by atoms with van der Waals surface area (Å²) in [6, 6.07) is 10.1. The van der Waals surface area contributed by atoms with Gasteiger partial charge < -0.3 is 5.11 Å². The van der Waals surface area contributed by atoms with Gasteiger partial charge >= 0.3 is 5.97 Å². The van der Waals surface area contributed by atoms with Gasteiger partial charge in [-0.2, -0.15) is 0 Å². The molecular weight excluding hydrogens is 312 g/mol. The maximum atomic E-state index is 11.6. The minimum atomic E-state index is -0.640. The summed E-state index contributed by atoms with van der Waals surface area (Å²) in [6.45, 7) is 7.13. The number of hydrogen-bond acceptors (Lipinski definition) is 3. The van der Waals surface area contributed by atoms with E-state index in [0.29, 0.717) is 0 Å². The predicted octanol–water partition coefficient (Wildman–Crippen LogP) is 3.35. The zero-order valence-electron chi connectivity index (χ0n) is 15.2. The zero-order valence-corrected chi connectivity index (χ0v) is 15.2. The molecule has 4 nitrogen and oxygen atoms in total. The maximum Gasteiger partial charge on any atom is 0.320 e. The molecule has 2 saturated heterocycles. The van der Waals surface area contributed by atoms with E-state index in [2.05, 4.69) is 53.1 Å². The van der Waals surface area contributed by atoms with Crippen LogP contribution in [0.3, 0.4) is 0 Å². The summed E-state index contributed by atoms with van der Waals surface area (Å²) >= 11 is 0. The van der Waals surface area contributed by atoms with Crippen molar-refractivity contribution < 1.29 is 9.90 Å². The van der Waals surface area contributed by atoms with Crippen molar-refractivity contribution in [2.45, 2.75) is 38.6 Å². The van der Waals surface area contributed by atoms with Crippen LogP contribution in [0.2, 0.25) is 0 Å². The molecule has 25 heavy (non-hydrogen) atoms. The van der Waals surface area contributed by atoms with Gasteiger partial charge in [0.1, 0.15) is 6.04 Å². The van der Waals surface area contributed by atoms with Crippen molar-refractivity contribution >= 4 is 12.0 Å². The van der Waals surface area contributed by atoms with E-state index in [-0.39, 0.29) is 11.5 Å². The maximum absolute atomic E-state index is 11.6. The van der Waals surface area contributed by atoms with Crippen LogP contribution in [0.25, 0.3) is 6.08 Å². The van der Waals surface area contributed by atoms with Gasteiger partial charge in [-0.05, 0) is 56.3 Å². The van der Waals surface area contributed by atoms with E-state index in [1.807, 2.05) is 6.07 Å². The Hall–Kier alpha value is -1.65. The van der Waals surface area contributed by atoms with Gasteiger partial charge in [-0.1, -0.05) is 49.4 Å². The lowest BCUT2D eigenvalue weighted by atomic mass is 9.76. The summed E-state index contributed by atoms with van der Waals surface area (Å²) in [7, 11) is 0. The average molecular weight is 342 g/mol. The van der Waals surface area contributed by atoms with Crippen molar-refractivity contribution in [3.63, 3.8) is 0 Å². The fraction of sp³-hybridized carbons (Fsp3) is 0.571. The number of likely N-dealkylation sites (tertiary alicyclic amines) is 2. The first kappa shape index (κ1) is 18.2. The molecule has 2 fully saturated rings. The monoisotopic (exact) mass is 342 g/mol. The zero-order chi connectivity index (χ0) is 17.7. The first-order valence-electron chi connectivity index (χ1n) is 9.53. The first-order valence-corrected chi connectivity index (χ1v) is 9.53. The van der Waals surface area contributed by atoms with Gasteiger partial charge in [0.2, 0.25) is 0 Å². The molecule has 136 valence electrons. The molecule has 0 aliphatic carbocycles. The number of carboxylic acid groups (broad SMARTS) is 1. The molecule has 1 aromatic rings. The van der Waals surface area contributed by atoms with Gasteiger partial charge in [0.15, 0.2) is 0 Å². The highest BCUT2D eigenvalue weighted by Crippen LogP contribution is 2.43. The predicted molar refractivity (Wildman–Crippen MR) is 101 cm³/mol. The van der Waals surface area contributed by atoms with Crippen molar-refractivity contribution in [3.8, 4) is 0 Å². The third kappa shape index (κ3) is 4.50. The van der Waals surface area contributed by atoms with Gasteiger partial charge in [-0.25, -0.2) is 0 Å². The summed E-state index contributed by atoms with van der Waals surface area (Å²) in [5.74, 6) is -0.640. The number of carboxylic acids is 1. The minimum Gasteiger partial charge on any atom is -0.480 e. The molecule has 1 spiro atoms. The number of benzene rings is 1. The number of nitrogens with zero attached hydrogens (tertiary/aromatic N) is 2. The van der Waals surface area contributed by atoms with Crippen molar-refractivity contribution in [1.29, 1.82) is 0 Å². The lowest BCUT2D eigenvalue weighted by Crippen LogP contribution is -2.41. The van der Waals surface area contributed by atoms with Gasteiger partial charge in [-0.15, -0.1) is 0 Å². The summed E-state index contributed by atoms with van der Waals surface area (Å²) in [4.78, 5) is 16.3. The molecule has 1 N–H and O–H groups in total. The van der Waals surface area contributed by atoms with E-state index in [9.17, 15) is 9.90 Å². The van der Waals surface area contributed by atoms with Crippen LogP contribution in [-0.2, 0) is 4.79 Å². The molecular formula is C21H30N2O2. The van der Waals surface area contributed by atoms with Crippen LogP contribution in [0.4, 0.5) is 0 Å². The van der Waals surface area contributed by atoms with Gasteiger partial charge in [0.25, 0.3) is 0 Å². The molecule has 3 rings (SSSR count).